The number of fused-ring (bicyclic) bond motifs is 3. The summed E-state index contributed by atoms with van der Waals surface area (Å²) < 4.78 is 13.0. The summed E-state index contributed by atoms with van der Waals surface area (Å²) in [6.07, 6.45) is 9.42. The number of benzene rings is 6. The Hall–Kier alpha value is -6.03. The van der Waals surface area contributed by atoms with Crippen molar-refractivity contribution < 1.29 is 30.4 Å². The van der Waals surface area contributed by atoms with E-state index in [-0.39, 0.29) is 31.9 Å². The van der Waals surface area contributed by atoms with Crippen LogP contribution >= 0.6 is 0 Å². The molecule has 0 saturated heterocycles. The Morgan fingerprint density at radius 3 is 2.00 bits per heavy atom. The van der Waals surface area contributed by atoms with E-state index >= 15 is 0 Å². The average Bonchev–Trinajstić information content (AvgIpc) is 3.88. The third kappa shape index (κ3) is 7.52. The molecule has 0 fully saturated rings. The fourth-order valence-corrected chi connectivity index (χ4v) is 8.21. The number of pyridine rings is 1. The first-order chi connectivity index (χ1) is 28.4. The zero-order chi connectivity index (χ0) is 40.9. The van der Waals surface area contributed by atoms with E-state index in [0.29, 0.717) is 11.5 Å². The smallest absolute Gasteiger partial charge is 0.267 e. The number of para-hydroxylation sites is 1. The van der Waals surface area contributed by atoms with Gasteiger partial charge in [-0.3, -0.25) is 4.57 Å². The van der Waals surface area contributed by atoms with E-state index in [1.54, 1.807) is 0 Å². The average molecular weight is 964 g/mol. The summed E-state index contributed by atoms with van der Waals surface area (Å²) in [5.74, 6) is 2.00. The molecule has 9 aromatic rings. The van der Waals surface area contributed by atoms with Crippen LogP contribution < -0.4 is 9.30 Å². The maximum atomic E-state index is 6.81. The van der Waals surface area contributed by atoms with Crippen LogP contribution in [0.1, 0.15) is 76.3 Å². The van der Waals surface area contributed by atoms with Crippen molar-refractivity contribution in [1.29, 1.82) is 0 Å². The van der Waals surface area contributed by atoms with Crippen molar-refractivity contribution >= 4 is 21.8 Å². The third-order valence-electron chi connectivity index (χ3n) is 11.8. The fourth-order valence-electron chi connectivity index (χ4n) is 8.21. The molecule has 5 nitrogen and oxygen atoms in total. The Balaban J connectivity index is 0.00000499. The Bertz CT molecular complexity index is 2950. The molecule has 0 radical (unpaired) electrons. The van der Waals surface area contributed by atoms with Crippen LogP contribution in [0.5, 0.6) is 11.5 Å². The molecule has 0 saturated carbocycles. The van der Waals surface area contributed by atoms with Gasteiger partial charge in [-0.25, -0.2) is 4.98 Å². The van der Waals surface area contributed by atoms with Crippen LogP contribution in [0, 0.1) is 18.5 Å². The quantitative estimate of drug-likeness (QED) is 0.107. The molecule has 9 rings (SSSR count). The van der Waals surface area contributed by atoms with Gasteiger partial charge >= 0.3 is 0 Å². The molecule has 0 aliphatic carbocycles. The summed E-state index contributed by atoms with van der Waals surface area (Å²) in [6.45, 7) is 15.8. The number of imidazole rings is 1. The molecule has 6 heteroatoms. The minimum Gasteiger partial charge on any atom is -0.510 e. The van der Waals surface area contributed by atoms with Crippen molar-refractivity contribution in [2.45, 2.75) is 64.7 Å². The van der Waals surface area contributed by atoms with Crippen molar-refractivity contribution in [3.63, 3.8) is 0 Å². The zero-order valence-corrected chi connectivity index (χ0v) is 37.4. The molecule has 60 heavy (non-hydrogen) atoms. The normalized spacial score (nSPS) is 12.1. The molecule has 0 N–H and O–H groups in total. The van der Waals surface area contributed by atoms with Crippen LogP contribution in [0.15, 0.2) is 164 Å². The van der Waals surface area contributed by atoms with E-state index < -0.39 is 5.41 Å². The first-order valence-corrected chi connectivity index (χ1v) is 20.3. The molecule has 0 aliphatic rings. The first kappa shape index (κ1) is 40.7. The van der Waals surface area contributed by atoms with Gasteiger partial charge in [0.15, 0.2) is 0 Å². The molecule has 0 bridgehead atoms. The Kier molecular flexibility index (Phi) is 10.8. The zero-order valence-electron chi connectivity index (χ0n) is 35.1. The Morgan fingerprint density at radius 1 is 0.600 bits per heavy atom. The Labute approximate surface area is 368 Å². The molecule has 0 unspecified atom stereocenters. The molecule has 6 aromatic carbocycles. The number of aromatic nitrogens is 4. The molecule has 0 spiro atoms. The van der Waals surface area contributed by atoms with E-state index in [0.717, 1.165) is 44.6 Å². The predicted molar refractivity (Wildman–Crippen MR) is 238 cm³/mol. The van der Waals surface area contributed by atoms with Gasteiger partial charge < -0.3 is 13.9 Å². The summed E-state index contributed by atoms with van der Waals surface area (Å²) in [6, 6.07) is 58.3. The van der Waals surface area contributed by atoms with Gasteiger partial charge in [0.2, 0.25) is 0 Å². The van der Waals surface area contributed by atoms with E-state index in [1.165, 1.54) is 22.3 Å². The molecular formula is C54H48N4OPt-2. The van der Waals surface area contributed by atoms with Gasteiger partial charge in [0.05, 0.1) is 5.69 Å². The molecule has 0 atom stereocenters. The van der Waals surface area contributed by atoms with Crippen LogP contribution in [0.25, 0.3) is 39.0 Å². The number of ether oxygens (including phenoxy) is 1. The standard InChI is InChI=1S/C54H48N4O.Pt/c1-52(2,3)40-22-16-23-42(32-40)56-30-31-57(37-56)43-24-17-25-44(34-43)59-45-35-47(54(6,7)39-20-12-9-13-21-39)51-46-26-14-15-27-48(46)58(49(51)36-45)50-33-41(28-29-55-50)53(4,5)38-18-10-8-11-19-38;/h8-33,35H,1-7H3;/q-2;. The maximum absolute atomic E-state index is 6.81. The van der Waals surface area contributed by atoms with E-state index in [2.05, 4.69) is 199 Å². The van der Waals surface area contributed by atoms with E-state index in [4.69, 9.17) is 9.72 Å². The van der Waals surface area contributed by atoms with Crippen molar-refractivity contribution in [2.24, 2.45) is 0 Å². The predicted octanol–water partition coefficient (Wildman–Crippen LogP) is 12.4. The summed E-state index contributed by atoms with van der Waals surface area (Å²) >= 11 is 0. The van der Waals surface area contributed by atoms with Gasteiger partial charge in [0, 0.05) is 62.1 Å². The second-order valence-electron chi connectivity index (χ2n) is 17.4. The van der Waals surface area contributed by atoms with Gasteiger partial charge in [-0.2, -0.15) is 12.1 Å². The van der Waals surface area contributed by atoms with Gasteiger partial charge in [-0.05, 0) is 74.5 Å². The summed E-state index contributed by atoms with van der Waals surface area (Å²) in [4.78, 5) is 5.03. The van der Waals surface area contributed by atoms with Crippen molar-refractivity contribution in [2.75, 3.05) is 0 Å². The minimum absolute atomic E-state index is 0. The number of hydrogen-bond acceptors (Lipinski definition) is 2. The van der Waals surface area contributed by atoms with E-state index in [1.807, 2.05) is 45.9 Å². The monoisotopic (exact) mass is 963 g/mol. The second kappa shape index (κ2) is 15.9. The maximum Gasteiger partial charge on any atom is 0.267 e. The third-order valence-corrected chi connectivity index (χ3v) is 11.8. The van der Waals surface area contributed by atoms with Gasteiger partial charge in [-0.1, -0.05) is 150 Å². The van der Waals surface area contributed by atoms with Gasteiger partial charge in [-0.15, -0.1) is 29.8 Å². The summed E-state index contributed by atoms with van der Waals surface area (Å²) in [7, 11) is 0. The van der Waals surface area contributed by atoms with Crippen molar-refractivity contribution in [3.8, 4) is 28.7 Å². The number of hydrogen-bond donors (Lipinski definition) is 0. The first-order valence-electron chi connectivity index (χ1n) is 20.3. The van der Waals surface area contributed by atoms with Crippen LogP contribution in [-0.2, 0) is 37.3 Å². The number of rotatable bonds is 9. The van der Waals surface area contributed by atoms with Gasteiger partial charge in [0.1, 0.15) is 5.82 Å². The topological polar surface area (TPSA) is 35.9 Å². The van der Waals surface area contributed by atoms with Crippen LogP contribution in [0.3, 0.4) is 0 Å². The SMILES string of the molecule is CC(C)(C)c1cccc(-[n+]2[c-]n(-c3[c-]c(Oc4[c-]c5c(c(C(C)(C)c6ccccc6)c4)c4ccccc4n5-c4cc(C(C)(C)c5ccccc5)ccn4)ccc3)cc2)c1.[Pt]. The molecular weight excluding hydrogens is 916 g/mol. The summed E-state index contributed by atoms with van der Waals surface area (Å²) in [5, 5.41) is 2.26. The molecule has 3 aromatic heterocycles. The minimum atomic E-state index is -0.393. The van der Waals surface area contributed by atoms with Crippen molar-refractivity contribution in [1.82, 2.24) is 14.1 Å². The molecule has 0 amide bonds. The van der Waals surface area contributed by atoms with E-state index in [9.17, 15) is 0 Å². The molecule has 0 aliphatic heterocycles. The largest absolute Gasteiger partial charge is 0.510 e. The number of nitrogens with zero attached hydrogens (tertiary/aromatic N) is 4. The van der Waals surface area contributed by atoms with Crippen LogP contribution in [-0.4, -0.2) is 14.1 Å². The van der Waals surface area contributed by atoms with Crippen LogP contribution in [0.2, 0.25) is 0 Å². The van der Waals surface area contributed by atoms with Crippen molar-refractivity contribution in [3.05, 3.63) is 210 Å². The van der Waals surface area contributed by atoms with Gasteiger partial charge in [0.25, 0.3) is 6.33 Å². The summed E-state index contributed by atoms with van der Waals surface area (Å²) in [5.41, 5.74) is 9.26. The fraction of sp³-hybridized carbons (Fsp3) is 0.185. The molecule has 302 valence electrons. The molecule has 3 heterocycles. The second-order valence-corrected chi connectivity index (χ2v) is 17.4. The van der Waals surface area contributed by atoms with Crippen LogP contribution in [0.4, 0.5) is 0 Å². The Morgan fingerprint density at radius 2 is 1.27 bits per heavy atom.